The van der Waals surface area contributed by atoms with Crippen molar-refractivity contribution in [2.45, 2.75) is 53.1 Å². The lowest BCUT2D eigenvalue weighted by atomic mass is 9.85. The summed E-state index contributed by atoms with van der Waals surface area (Å²) in [5.74, 6) is 6.92. The van der Waals surface area contributed by atoms with Gasteiger partial charge in [0.15, 0.2) is 0 Å². The van der Waals surface area contributed by atoms with E-state index in [1.165, 1.54) is 11.1 Å². The smallest absolute Gasteiger partial charge is 0.129 e. The van der Waals surface area contributed by atoms with E-state index in [0.717, 1.165) is 67.3 Å². The Labute approximate surface area is 313 Å². The van der Waals surface area contributed by atoms with Crippen molar-refractivity contribution in [1.82, 2.24) is 0 Å². The highest BCUT2D eigenvalue weighted by molar-refractivity contribution is 6.84. The zero-order valence-electron chi connectivity index (χ0n) is 31.7. The van der Waals surface area contributed by atoms with E-state index >= 15 is 0 Å². The number of aryl methyl sites for hydroxylation is 2. The molecule has 0 saturated carbocycles. The fraction of sp³-hybridized carbons (Fsp3) is 0.167. The minimum Gasteiger partial charge on any atom is -0.399 e. The maximum absolute atomic E-state index is 6.21. The first-order valence-electron chi connectivity index (χ1n) is 18.0. The first kappa shape index (κ1) is 36.3. The van der Waals surface area contributed by atoms with Crippen LogP contribution in [0, 0.1) is 36.8 Å². The summed E-state index contributed by atoms with van der Waals surface area (Å²) in [6, 6.07) is 47.9. The van der Waals surface area contributed by atoms with Crippen molar-refractivity contribution in [2.24, 2.45) is 0 Å². The Morgan fingerprint density at radius 2 is 0.923 bits per heavy atom. The quantitative estimate of drug-likeness (QED) is 0.106. The monoisotopic (exact) mass is 708 g/mol. The van der Waals surface area contributed by atoms with E-state index in [1.54, 1.807) is 0 Å². The van der Waals surface area contributed by atoms with Gasteiger partial charge in [0.05, 0.1) is 5.69 Å². The number of nitrogens with zero attached hydrogens (tertiary/aromatic N) is 1. The van der Waals surface area contributed by atoms with E-state index < -0.39 is 16.1 Å². The minimum absolute atomic E-state index is 0.743. The van der Waals surface area contributed by atoms with Gasteiger partial charge in [0.25, 0.3) is 0 Å². The lowest BCUT2D eigenvalue weighted by Crippen LogP contribution is -2.16. The molecular weight excluding hydrogens is 661 g/mol. The summed E-state index contributed by atoms with van der Waals surface area (Å²) in [6.45, 7) is 18.0. The second-order valence-corrected chi connectivity index (χ2v) is 25.2. The van der Waals surface area contributed by atoms with Crippen LogP contribution < -0.4 is 10.6 Å². The predicted octanol–water partition coefficient (Wildman–Crippen LogP) is 12.8. The molecule has 6 aromatic carbocycles. The maximum Gasteiger partial charge on any atom is 0.129 e. The number of nitrogens with two attached hydrogens (primary N) is 1. The molecule has 0 fully saturated rings. The Hall–Kier alpha value is -5.53. The standard InChI is InChI=1S/C48H48N2Si2/c1-35-11-9-13-43(33-35)50(44-14-10-12-36(2)34-44)46-28-27-45(39-23-25-42(49)26-24-39)47(40-19-15-37(16-20-40)29-31-51(3,4)5)48(46)41-21-17-38(18-22-41)30-32-52(6,7)8/h9-28,33-34H,49H2,1-8H3. The van der Waals surface area contributed by atoms with Gasteiger partial charge in [0.1, 0.15) is 16.1 Å². The van der Waals surface area contributed by atoms with Crippen LogP contribution in [-0.4, -0.2) is 16.1 Å². The molecule has 6 aromatic rings. The summed E-state index contributed by atoms with van der Waals surface area (Å²) in [5.41, 5.74) is 28.6. The summed E-state index contributed by atoms with van der Waals surface area (Å²) >= 11 is 0. The molecular formula is C48H48N2Si2. The maximum atomic E-state index is 6.21. The first-order chi connectivity index (χ1) is 24.7. The van der Waals surface area contributed by atoms with Crippen molar-refractivity contribution in [3.05, 3.63) is 156 Å². The normalized spacial score (nSPS) is 11.2. The fourth-order valence-corrected chi connectivity index (χ4v) is 7.23. The molecule has 0 bridgehead atoms. The van der Waals surface area contributed by atoms with E-state index in [0.29, 0.717) is 0 Å². The van der Waals surface area contributed by atoms with Crippen molar-refractivity contribution in [3.8, 4) is 56.3 Å². The van der Waals surface area contributed by atoms with Crippen LogP contribution in [0.2, 0.25) is 39.3 Å². The molecule has 0 unspecified atom stereocenters. The van der Waals surface area contributed by atoms with Gasteiger partial charge in [0.2, 0.25) is 0 Å². The summed E-state index contributed by atoms with van der Waals surface area (Å²) in [6.07, 6.45) is 0. The minimum atomic E-state index is -1.53. The third-order valence-electron chi connectivity index (χ3n) is 8.68. The lowest BCUT2D eigenvalue weighted by Gasteiger charge is -2.31. The van der Waals surface area contributed by atoms with Crippen LogP contribution in [0.5, 0.6) is 0 Å². The number of nitrogen functional groups attached to an aromatic ring is 1. The Kier molecular flexibility index (Phi) is 10.5. The highest BCUT2D eigenvalue weighted by atomic mass is 28.3. The molecule has 0 saturated heterocycles. The Morgan fingerprint density at radius 3 is 1.37 bits per heavy atom. The van der Waals surface area contributed by atoms with Crippen molar-refractivity contribution in [2.75, 3.05) is 10.6 Å². The molecule has 0 heterocycles. The first-order valence-corrected chi connectivity index (χ1v) is 25.0. The zero-order chi connectivity index (χ0) is 37.0. The molecule has 0 spiro atoms. The molecule has 0 aliphatic heterocycles. The van der Waals surface area contributed by atoms with Gasteiger partial charge in [-0.15, -0.1) is 11.1 Å². The van der Waals surface area contributed by atoms with Crippen LogP contribution in [0.15, 0.2) is 133 Å². The molecule has 2 N–H and O–H groups in total. The van der Waals surface area contributed by atoms with Crippen LogP contribution in [-0.2, 0) is 0 Å². The van der Waals surface area contributed by atoms with Crippen LogP contribution in [0.1, 0.15) is 22.3 Å². The third-order valence-corrected chi connectivity index (χ3v) is 10.4. The summed E-state index contributed by atoms with van der Waals surface area (Å²) in [7, 11) is -3.06. The van der Waals surface area contributed by atoms with Gasteiger partial charge in [-0.1, -0.05) is 118 Å². The molecule has 6 rings (SSSR count). The van der Waals surface area contributed by atoms with Crippen LogP contribution >= 0.6 is 0 Å². The molecule has 258 valence electrons. The molecule has 0 aliphatic carbocycles. The van der Waals surface area contributed by atoms with E-state index in [1.807, 2.05) is 12.1 Å². The third kappa shape index (κ3) is 8.85. The van der Waals surface area contributed by atoms with Crippen molar-refractivity contribution >= 4 is 38.9 Å². The highest BCUT2D eigenvalue weighted by Crippen LogP contribution is 2.49. The van der Waals surface area contributed by atoms with Crippen LogP contribution in [0.25, 0.3) is 33.4 Å². The van der Waals surface area contributed by atoms with Gasteiger partial charge in [-0.05, 0) is 120 Å². The van der Waals surface area contributed by atoms with Gasteiger partial charge >= 0.3 is 0 Å². The number of hydrogen-bond acceptors (Lipinski definition) is 2. The second kappa shape index (κ2) is 15.0. The average molecular weight is 709 g/mol. The van der Waals surface area contributed by atoms with Crippen molar-refractivity contribution in [1.29, 1.82) is 0 Å². The predicted molar refractivity (Wildman–Crippen MR) is 232 cm³/mol. The van der Waals surface area contributed by atoms with Crippen molar-refractivity contribution in [3.63, 3.8) is 0 Å². The Morgan fingerprint density at radius 1 is 0.481 bits per heavy atom. The molecule has 0 aliphatic rings. The molecule has 0 radical (unpaired) electrons. The summed E-state index contributed by atoms with van der Waals surface area (Å²) in [4.78, 5) is 2.40. The SMILES string of the molecule is Cc1cccc(N(c2cccc(C)c2)c2ccc(-c3ccc(N)cc3)c(-c3ccc(C#C[Si](C)(C)C)cc3)c2-c2ccc(C#C[Si](C)(C)C)cc2)c1. The largest absolute Gasteiger partial charge is 0.399 e. The van der Waals surface area contributed by atoms with E-state index in [2.05, 4.69) is 202 Å². The van der Waals surface area contributed by atoms with Gasteiger partial charge < -0.3 is 10.6 Å². The lowest BCUT2D eigenvalue weighted by molar-refractivity contribution is 1.26. The number of hydrogen-bond donors (Lipinski definition) is 1. The van der Waals surface area contributed by atoms with Crippen LogP contribution in [0.4, 0.5) is 22.7 Å². The molecule has 0 amide bonds. The van der Waals surface area contributed by atoms with Crippen LogP contribution in [0.3, 0.4) is 0 Å². The zero-order valence-corrected chi connectivity index (χ0v) is 33.7. The van der Waals surface area contributed by atoms with Gasteiger partial charge in [-0.25, -0.2) is 0 Å². The second-order valence-electron chi connectivity index (χ2n) is 15.7. The van der Waals surface area contributed by atoms with Gasteiger partial charge in [-0.3, -0.25) is 0 Å². The van der Waals surface area contributed by atoms with Crippen molar-refractivity contribution < 1.29 is 0 Å². The fourth-order valence-electron chi connectivity index (χ4n) is 6.19. The number of rotatable bonds is 6. The molecule has 4 heteroatoms. The Balaban J connectivity index is 1.70. The molecule has 52 heavy (non-hydrogen) atoms. The average Bonchev–Trinajstić information content (AvgIpc) is 3.10. The highest BCUT2D eigenvalue weighted by Gasteiger charge is 2.24. The molecule has 2 nitrogen and oxygen atoms in total. The molecule has 0 atom stereocenters. The van der Waals surface area contributed by atoms with E-state index in [-0.39, 0.29) is 0 Å². The Bertz CT molecular complexity index is 2290. The summed E-state index contributed by atoms with van der Waals surface area (Å²) in [5, 5.41) is 0. The molecule has 0 aromatic heterocycles. The van der Waals surface area contributed by atoms with E-state index in [4.69, 9.17) is 5.73 Å². The van der Waals surface area contributed by atoms with Gasteiger partial charge in [-0.2, -0.15) is 0 Å². The summed E-state index contributed by atoms with van der Waals surface area (Å²) < 4.78 is 0. The number of benzene rings is 6. The topological polar surface area (TPSA) is 29.3 Å². The van der Waals surface area contributed by atoms with Gasteiger partial charge in [0, 0.05) is 33.8 Å². The number of anilines is 4. The van der Waals surface area contributed by atoms with E-state index in [9.17, 15) is 0 Å².